The summed E-state index contributed by atoms with van der Waals surface area (Å²) in [5.74, 6) is -2.46. The number of nitrogens with one attached hydrogen (secondary N) is 2. The van der Waals surface area contributed by atoms with Crippen LogP contribution in [0.15, 0.2) is 30.3 Å². The molecule has 1 aromatic heterocycles. The molecule has 1 fully saturated rings. The van der Waals surface area contributed by atoms with Gasteiger partial charge in [0.2, 0.25) is 5.91 Å². The zero-order chi connectivity index (χ0) is 24.2. The fraction of sp³-hybridized carbons (Fsp3) is 0.381. The van der Waals surface area contributed by atoms with Gasteiger partial charge in [-0.2, -0.15) is 0 Å². The van der Waals surface area contributed by atoms with Gasteiger partial charge in [0.05, 0.1) is 10.9 Å². The van der Waals surface area contributed by atoms with Crippen LogP contribution in [0, 0.1) is 5.92 Å². The average Bonchev–Trinajstić information content (AvgIpc) is 2.75. The van der Waals surface area contributed by atoms with Crippen LogP contribution in [0.3, 0.4) is 0 Å². The maximum Gasteiger partial charge on any atom is 0.573 e. The van der Waals surface area contributed by atoms with Crippen LogP contribution in [-0.4, -0.2) is 34.3 Å². The first-order chi connectivity index (χ1) is 15.5. The molecule has 3 N–H and O–H groups in total. The van der Waals surface area contributed by atoms with Gasteiger partial charge in [-0.1, -0.05) is 54.2 Å². The number of alkyl halides is 3. The fourth-order valence-corrected chi connectivity index (χ4v) is 4.08. The Morgan fingerprint density at radius 1 is 1.18 bits per heavy atom. The van der Waals surface area contributed by atoms with Crippen LogP contribution in [0.2, 0.25) is 10.2 Å². The molecule has 0 bridgehead atoms. The zero-order valence-electron chi connectivity index (χ0n) is 17.1. The van der Waals surface area contributed by atoms with Crippen LogP contribution in [-0.2, 0) is 11.3 Å². The Hall–Kier alpha value is -2.72. The summed E-state index contributed by atoms with van der Waals surface area (Å²) in [5.41, 5.74) is 0.0444. The van der Waals surface area contributed by atoms with Crippen LogP contribution in [0.4, 0.5) is 13.2 Å². The van der Waals surface area contributed by atoms with Gasteiger partial charge < -0.3 is 20.5 Å². The monoisotopic (exact) mass is 505 g/mol. The summed E-state index contributed by atoms with van der Waals surface area (Å²) < 4.78 is 41.8. The number of hydrogen-bond donors (Lipinski definition) is 3. The lowest BCUT2D eigenvalue weighted by molar-refractivity contribution is -0.274. The third-order valence-corrected chi connectivity index (χ3v) is 5.76. The number of hydrogen-bond acceptors (Lipinski definition) is 5. The second-order valence-electron chi connectivity index (χ2n) is 7.47. The predicted octanol–water partition coefficient (Wildman–Crippen LogP) is 4.60. The fourth-order valence-electron chi connectivity index (χ4n) is 3.64. The molecule has 2 atom stereocenters. The van der Waals surface area contributed by atoms with Crippen molar-refractivity contribution in [3.8, 4) is 11.5 Å². The highest BCUT2D eigenvalue weighted by molar-refractivity contribution is 6.36. The molecule has 0 unspecified atom stereocenters. The minimum Gasteiger partial charge on any atom is -0.504 e. The number of aromatic hydroxyl groups is 1. The van der Waals surface area contributed by atoms with Gasteiger partial charge >= 0.3 is 6.36 Å². The first-order valence-corrected chi connectivity index (χ1v) is 10.8. The van der Waals surface area contributed by atoms with Crippen LogP contribution in [0.1, 0.15) is 41.7 Å². The maximum absolute atomic E-state index is 12.8. The van der Waals surface area contributed by atoms with Crippen molar-refractivity contribution in [1.29, 1.82) is 0 Å². The highest BCUT2D eigenvalue weighted by atomic mass is 35.5. The second kappa shape index (κ2) is 10.5. The summed E-state index contributed by atoms with van der Waals surface area (Å²) >= 11 is 11.6. The molecule has 1 saturated carbocycles. The number of nitrogens with zero attached hydrogens (tertiary/aromatic N) is 1. The number of amides is 2. The van der Waals surface area contributed by atoms with E-state index in [-0.39, 0.29) is 28.0 Å². The second-order valence-corrected chi connectivity index (χ2v) is 8.24. The van der Waals surface area contributed by atoms with Crippen molar-refractivity contribution in [2.45, 2.75) is 44.6 Å². The van der Waals surface area contributed by atoms with Crippen molar-refractivity contribution >= 4 is 35.0 Å². The molecule has 1 aromatic carbocycles. The number of rotatable bonds is 6. The molecule has 0 aliphatic heterocycles. The molecule has 12 heteroatoms. The van der Waals surface area contributed by atoms with Gasteiger partial charge in [-0.3, -0.25) is 9.59 Å². The Morgan fingerprint density at radius 3 is 2.58 bits per heavy atom. The molecule has 0 saturated heterocycles. The average molecular weight is 506 g/mol. The van der Waals surface area contributed by atoms with E-state index in [0.29, 0.717) is 12.8 Å². The Labute approximate surface area is 197 Å². The van der Waals surface area contributed by atoms with Gasteiger partial charge in [0.1, 0.15) is 11.4 Å². The van der Waals surface area contributed by atoms with Crippen molar-refractivity contribution in [3.63, 3.8) is 0 Å². The molecular weight excluding hydrogens is 486 g/mol. The normalized spacial score (nSPS) is 18.5. The lowest BCUT2D eigenvalue weighted by Gasteiger charge is -2.31. The van der Waals surface area contributed by atoms with Crippen LogP contribution < -0.4 is 15.4 Å². The minimum absolute atomic E-state index is 0.120. The lowest BCUT2D eigenvalue weighted by atomic mass is 9.83. The van der Waals surface area contributed by atoms with Crippen molar-refractivity contribution in [1.82, 2.24) is 15.6 Å². The molecular formula is C21H20Cl2F3N3O4. The van der Waals surface area contributed by atoms with E-state index in [1.54, 1.807) is 0 Å². The molecule has 33 heavy (non-hydrogen) atoms. The van der Waals surface area contributed by atoms with Crippen molar-refractivity contribution in [3.05, 3.63) is 51.8 Å². The minimum atomic E-state index is -4.85. The predicted molar refractivity (Wildman–Crippen MR) is 114 cm³/mol. The SMILES string of the molecule is O=C(N[C@@H]1CCCC[C@H]1C(=O)NCc1ccccc1OC(F)(F)F)c1cc(Cl)c(O)c(Cl)n1. The quantitative estimate of drug-likeness (QED) is 0.498. The molecule has 2 amide bonds. The molecule has 0 spiro atoms. The first kappa shape index (κ1) is 24.9. The maximum atomic E-state index is 12.8. The molecule has 1 aliphatic rings. The van der Waals surface area contributed by atoms with E-state index >= 15 is 0 Å². The van der Waals surface area contributed by atoms with Gasteiger partial charge in [-0.05, 0) is 25.0 Å². The molecule has 7 nitrogen and oxygen atoms in total. The largest absolute Gasteiger partial charge is 0.573 e. The summed E-state index contributed by atoms with van der Waals surface area (Å²) in [7, 11) is 0. The number of para-hydroxylation sites is 1. The molecule has 0 radical (unpaired) electrons. The van der Waals surface area contributed by atoms with Gasteiger partial charge in [0.15, 0.2) is 10.9 Å². The number of pyridine rings is 1. The Morgan fingerprint density at radius 2 is 1.88 bits per heavy atom. The van der Waals surface area contributed by atoms with Gasteiger partial charge in [0, 0.05) is 18.2 Å². The third-order valence-electron chi connectivity index (χ3n) is 5.21. The van der Waals surface area contributed by atoms with E-state index in [9.17, 15) is 27.9 Å². The number of aromatic nitrogens is 1. The van der Waals surface area contributed by atoms with Gasteiger partial charge in [-0.25, -0.2) is 4.98 Å². The Kier molecular flexibility index (Phi) is 7.91. The molecule has 178 valence electrons. The standard InChI is InChI=1S/C21H20Cl2F3N3O4/c22-13-9-15(28-18(23)17(13)30)20(32)29-14-7-3-2-6-12(14)19(31)27-10-11-5-1-4-8-16(11)33-21(24,25)26/h1,4-5,8-9,12,14,30H,2-3,6-7,10H2,(H,27,31)(H,29,32)/t12-,14-/m1/s1. The van der Waals surface area contributed by atoms with E-state index in [2.05, 4.69) is 20.4 Å². The zero-order valence-corrected chi connectivity index (χ0v) is 18.6. The third kappa shape index (κ3) is 6.64. The van der Waals surface area contributed by atoms with E-state index in [4.69, 9.17) is 23.2 Å². The van der Waals surface area contributed by atoms with Crippen molar-refractivity contribution in [2.24, 2.45) is 5.92 Å². The van der Waals surface area contributed by atoms with Gasteiger partial charge in [0.25, 0.3) is 5.91 Å². The number of carbonyl (C=O) groups is 2. The Balaban J connectivity index is 1.67. The van der Waals surface area contributed by atoms with Crippen molar-refractivity contribution < 1.29 is 32.6 Å². The van der Waals surface area contributed by atoms with Crippen molar-refractivity contribution in [2.75, 3.05) is 0 Å². The number of halogens is 5. The number of benzene rings is 1. The topological polar surface area (TPSA) is 101 Å². The lowest BCUT2D eigenvalue weighted by Crippen LogP contribution is -2.48. The number of carbonyl (C=O) groups excluding carboxylic acids is 2. The number of ether oxygens (including phenoxy) is 1. The highest BCUT2D eigenvalue weighted by Crippen LogP contribution is 2.31. The van der Waals surface area contributed by atoms with E-state index in [1.165, 1.54) is 24.3 Å². The molecule has 2 aromatic rings. The van der Waals surface area contributed by atoms with Gasteiger partial charge in [-0.15, -0.1) is 13.2 Å². The smallest absolute Gasteiger partial charge is 0.504 e. The van der Waals surface area contributed by atoms with Crippen LogP contribution in [0.25, 0.3) is 0 Å². The van der Waals surface area contributed by atoms with Crippen LogP contribution >= 0.6 is 23.2 Å². The van der Waals surface area contributed by atoms with E-state index < -0.39 is 41.6 Å². The first-order valence-electron chi connectivity index (χ1n) is 10.0. The Bertz CT molecular complexity index is 1010. The molecule has 1 aliphatic carbocycles. The molecule has 1 heterocycles. The summed E-state index contributed by atoms with van der Waals surface area (Å²) in [6, 6.07) is 6.16. The summed E-state index contributed by atoms with van der Waals surface area (Å²) in [4.78, 5) is 29.3. The van der Waals surface area contributed by atoms with E-state index in [1.807, 2.05) is 0 Å². The summed E-state index contributed by atoms with van der Waals surface area (Å²) in [5, 5.41) is 14.5. The molecule has 3 rings (SSSR count). The van der Waals surface area contributed by atoms with Crippen LogP contribution in [0.5, 0.6) is 11.5 Å². The van der Waals surface area contributed by atoms with E-state index in [0.717, 1.165) is 18.9 Å². The summed E-state index contributed by atoms with van der Waals surface area (Å²) in [6.07, 6.45) is -2.30. The summed E-state index contributed by atoms with van der Waals surface area (Å²) in [6.45, 7) is -0.174. The highest BCUT2D eigenvalue weighted by Gasteiger charge is 2.34.